The van der Waals surface area contributed by atoms with Gasteiger partial charge in [0.25, 0.3) is 0 Å². The molecular formula is C16H20O2. The zero-order valence-corrected chi connectivity index (χ0v) is 11.1. The molecule has 1 aliphatic carbocycles. The van der Waals surface area contributed by atoms with Gasteiger partial charge in [-0.25, -0.2) is 0 Å². The average Bonchev–Trinajstić information content (AvgIpc) is 2.77. The molecule has 0 radical (unpaired) electrons. The average molecular weight is 244 g/mol. The highest BCUT2D eigenvalue weighted by molar-refractivity contribution is 5.78. The number of rotatable bonds is 1. The molecule has 0 saturated heterocycles. The summed E-state index contributed by atoms with van der Waals surface area (Å²) >= 11 is 0. The van der Waals surface area contributed by atoms with Crippen molar-refractivity contribution >= 4 is 11.0 Å². The van der Waals surface area contributed by atoms with Crippen molar-refractivity contribution in [2.24, 2.45) is 5.41 Å². The maximum Gasteiger partial charge on any atom is 0.137 e. The van der Waals surface area contributed by atoms with Crippen molar-refractivity contribution in [1.29, 1.82) is 0 Å². The van der Waals surface area contributed by atoms with Crippen LogP contribution in [0.5, 0.6) is 0 Å². The molecule has 1 saturated carbocycles. The van der Waals surface area contributed by atoms with Crippen LogP contribution in [0.25, 0.3) is 11.0 Å². The lowest BCUT2D eigenvalue weighted by atomic mass is 9.64. The minimum atomic E-state index is -0.829. The zero-order valence-electron chi connectivity index (χ0n) is 11.1. The summed E-state index contributed by atoms with van der Waals surface area (Å²) in [5, 5.41) is 12.1. The van der Waals surface area contributed by atoms with E-state index in [1.54, 1.807) is 0 Å². The fourth-order valence-electron chi connectivity index (χ4n) is 3.14. The lowest BCUT2D eigenvalue weighted by molar-refractivity contribution is -0.117. The Morgan fingerprint density at radius 3 is 2.56 bits per heavy atom. The Morgan fingerprint density at radius 2 is 1.83 bits per heavy atom. The summed E-state index contributed by atoms with van der Waals surface area (Å²) in [5.41, 5.74) is -0.0917. The van der Waals surface area contributed by atoms with E-state index in [1.807, 2.05) is 30.3 Å². The van der Waals surface area contributed by atoms with E-state index in [0.29, 0.717) is 0 Å². The fraction of sp³-hybridized carbons (Fsp3) is 0.500. The predicted molar refractivity (Wildman–Crippen MR) is 72.4 cm³/mol. The highest BCUT2D eigenvalue weighted by Gasteiger charge is 2.48. The van der Waals surface area contributed by atoms with Gasteiger partial charge in [-0.1, -0.05) is 44.9 Å². The summed E-state index contributed by atoms with van der Waals surface area (Å²) in [7, 11) is 0. The van der Waals surface area contributed by atoms with Gasteiger partial charge in [-0.3, -0.25) is 0 Å². The van der Waals surface area contributed by atoms with Gasteiger partial charge in [0, 0.05) is 10.8 Å². The second kappa shape index (κ2) is 3.86. The molecule has 2 heteroatoms. The number of para-hydroxylation sites is 1. The molecule has 1 aromatic carbocycles. The van der Waals surface area contributed by atoms with Crippen molar-refractivity contribution < 1.29 is 9.52 Å². The third kappa shape index (κ3) is 1.59. The van der Waals surface area contributed by atoms with E-state index in [1.165, 1.54) is 6.42 Å². The van der Waals surface area contributed by atoms with Crippen LogP contribution in [0.3, 0.4) is 0 Å². The normalized spacial score (nSPS) is 27.5. The van der Waals surface area contributed by atoms with E-state index in [9.17, 15) is 5.11 Å². The first-order chi connectivity index (χ1) is 8.53. The van der Waals surface area contributed by atoms with Crippen molar-refractivity contribution in [2.45, 2.75) is 45.1 Å². The van der Waals surface area contributed by atoms with Crippen molar-refractivity contribution in [2.75, 3.05) is 0 Å². The van der Waals surface area contributed by atoms with E-state index in [0.717, 1.165) is 36.0 Å². The van der Waals surface area contributed by atoms with Gasteiger partial charge in [0.15, 0.2) is 0 Å². The highest BCUT2D eigenvalue weighted by Crippen LogP contribution is 2.50. The Kier molecular flexibility index (Phi) is 2.53. The molecule has 1 heterocycles. The molecule has 1 fully saturated rings. The predicted octanol–water partition coefficient (Wildman–Crippen LogP) is 4.22. The molecular weight excluding hydrogens is 224 g/mol. The third-order valence-electron chi connectivity index (χ3n) is 4.54. The number of benzene rings is 1. The number of furan rings is 1. The number of hydrogen-bond acceptors (Lipinski definition) is 2. The molecule has 2 aromatic rings. The SMILES string of the molecule is CC1(C)CCCCC1(O)c1cc2ccccc2o1. The molecule has 0 aliphatic heterocycles. The standard InChI is InChI=1S/C16H20O2/c1-15(2)9-5-6-10-16(15,17)14-11-12-7-3-4-8-13(12)18-14/h3-4,7-8,11,17H,5-6,9-10H2,1-2H3. The van der Waals surface area contributed by atoms with Crippen LogP contribution in [0.4, 0.5) is 0 Å². The molecule has 1 atom stereocenters. The first-order valence-electron chi connectivity index (χ1n) is 6.74. The Bertz CT molecular complexity index is 534. The first kappa shape index (κ1) is 11.8. The Labute approximate surface area is 108 Å². The number of hydrogen-bond donors (Lipinski definition) is 1. The summed E-state index contributed by atoms with van der Waals surface area (Å²) < 4.78 is 5.90. The van der Waals surface area contributed by atoms with Crippen molar-refractivity contribution in [1.82, 2.24) is 0 Å². The number of fused-ring (bicyclic) bond motifs is 1. The van der Waals surface area contributed by atoms with Gasteiger partial charge in [0.2, 0.25) is 0 Å². The lowest BCUT2D eigenvalue weighted by Gasteiger charge is -2.45. The lowest BCUT2D eigenvalue weighted by Crippen LogP contribution is -2.44. The highest BCUT2D eigenvalue weighted by atomic mass is 16.4. The fourth-order valence-corrected chi connectivity index (χ4v) is 3.14. The van der Waals surface area contributed by atoms with Crippen LogP contribution >= 0.6 is 0 Å². The summed E-state index contributed by atoms with van der Waals surface area (Å²) in [4.78, 5) is 0. The van der Waals surface area contributed by atoms with E-state index in [-0.39, 0.29) is 5.41 Å². The molecule has 1 aliphatic rings. The second-order valence-electron chi connectivity index (χ2n) is 6.10. The van der Waals surface area contributed by atoms with Crippen molar-refractivity contribution in [3.63, 3.8) is 0 Å². The molecule has 3 rings (SSSR count). The summed E-state index contributed by atoms with van der Waals surface area (Å²) in [6.07, 6.45) is 4.09. The van der Waals surface area contributed by atoms with Gasteiger partial charge in [0.1, 0.15) is 16.9 Å². The van der Waals surface area contributed by atoms with Crippen LogP contribution in [-0.4, -0.2) is 5.11 Å². The zero-order chi connectivity index (χ0) is 12.8. The van der Waals surface area contributed by atoms with Gasteiger partial charge in [0.05, 0.1) is 0 Å². The Morgan fingerprint density at radius 1 is 1.11 bits per heavy atom. The van der Waals surface area contributed by atoms with Gasteiger partial charge in [-0.15, -0.1) is 0 Å². The van der Waals surface area contributed by atoms with Crippen LogP contribution in [0.2, 0.25) is 0 Å². The summed E-state index contributed by atoms with van der Waals surface area (Å²) in [6, 6.07) is 9.95. The van der Waals surface area contributed by atoms with E-state index in [4.69, 9.17) is 4.42 Å². The minimum Gasteiger partial charge on any atom is -0.458 e. The third-order valence-corrected chi connectivity index (χ3v) is 4.54. The largest absolute Gasteiger partial charge is 0.458 e. The first-order valence-corrected chi connectivity index (χ1v) is 6.74. The van der Waals surface area contributed by atoms with Crippen molar-refractivity contribution in [3.8, 4) is 0 Å². The van der Waals surface area contributed by atoms with E-state index >= 15 is 0 Å². The topological polar surface area (TPSA) is 33.4 Å². The molecule has 2 nitrogen and oxygen atoms in total. The molecule has 96 valence electrons. The molecule has 0 bridgehead atoms. The van der Waals surface area contributed by atoms with E-state index in [2.05, 4.69) is 13.8 Å². The quantitative estimate of drug-likeness (QED) is 0.814. The minimum absolute atomic E-state index is 0.126. The summed E-state index contributed by atoms with van der Waals surface area (Å²) in [5.74, 6) is 0.730. The van der Waals surface area contributed by atoms with Gasteiger partial charge in [-0.05, 0) is 25.0 Å². The van der Waals surface area contributed by atoms with Crippen molar-refractivity contribution in [3.05, 3.63) is 36.1 Å². The van der Waals surface area contributed by atoms with Gasteiger partial charge >= 0.3 is 0 Å². The molecule has 1 unspecified atom stereocenters. The van der Waals surface area contributed by atoms with E-state index < -0.39 is 5.60 Å². The maximum atomic E-state index is 11.1. The van der Waals surface area contributed by atoms with Crippen LogP contribution in [0.15, 0.2) is 34.7 Å². The Balaban J connectivity index is 2.12. The molecule has 18 heavy (non-hydrogen) atoms. The monoisotopic (exact) mass is 244 g/mol. The van der Waals surface area contributed by atoms with Crippen LogP contribution in [-0.2, 0) is 5.60 Å². The van der Waals surface area contributed by atoms with Crippen LogP contribution < -0.4 is 0 Å². The van der Waals surface area contributed by atoms with Crippen LogP contribution in [0, 0.1) is 5.41 Å². The molecule has 0 amide bonds. The maximum absolute atomic E-state index is 11.1. The molecule has 1 N–H and O–H groups in total. The smallest absolute Gasteiger partial charge is 0.137 e. The Hall–Kier alpha value is -1.28. The second-order valence-corrected chi connectivity index (χ2v) is 6.10. The molecule has 1 aromatic heterocycles. The number of aliphatic hydroxyl groups is 1. The summed E-state index contributed by atoms with van der Waals surface area (Å²) in [6.45, 7) is 4.28. The van der Waals surface area contributed by atoms with Crippen LogP contribution in [0.1, 0.15) is 45.3 Å². The van der Waals surface area contributed by atoms with Gasteiger partial charge < -0.3 is 9.52 Å². The van der Waals surface area contributed by atoms with Gasteiger partial charge in [-0.2, -0.15) is 0 Å². The molecule has 0 spiro atoms.